The molecule has 1 aromatic carbocycles. The van der Waals surface area contributed by atoms with Gasteiger partial charge in [0.05, 0.1) is 5.56 Å². The van der Waals surface area contributed by atoms with E-state index in [1.54, 1.807) is 36.5 Å². The molecule has 2 aliphatic carbocycles. The Labute approximate surface area is 238 Å². The summed E-state index contributed by atoms with van der Waals surface area (Å²) < 4.78 is 3.66. The third-order valence-electron chi connectivity index (χ3n) is 8.68. The highest BCUT2D eigenvalue weighted by atomic mass is 16.2. The van der Waals surface area contributed by atoms with E-state index >= 15 is 0 Å². The van der Waals surface area contributed by atoms with Crippen LogP contribution in [0.2, 0.25) is 0 Å². The Hall–Kier alpha value is -4.46. The van der Waals surface area contributed by atoms with Crippen LogP contribution in [0.25, 0.3) is 11.1 Å². The highest BCUT2D eigenvalue weighted by Crippen LogP contribution is 2.41. The number of nitrogens with zero attached hydrogens (tertiary/aromatic N) is 4. The maximum Gasteiger partial charge on any atom is 0.276 e. The van der Waals surface area contributed by atoms with Crippen molar-refractivity contribution in [1.82, 2.24) is 14.1 Å². The molecule has 4 aromatic rings. The van der Waals surface area contributed by atoms with Crippen molar-refractivity contribution in [2.75, 3.05) is 16.8 Å². The average Bonchev–Trinajstić information content (AvgIpc) is 3.69. The molecule has 1 saturated carbocycles. The summed E-state index contributed by atoms with van der Waals surface area (Å²) in [5.74, 6) is 0.801. The molecular weight excluding hydrogens is 514 g/mol. The molecule has 8 nitrogen and oxygen atoms in total. The molecule has 1 fully saturated rings. The normalized spacial score (nSPS) is 17.3. The van der Waals surface area contributed by atoms with E-state index in [-0.39, 0.29) is 16.9 Å². The van der Waals surface area contributed by atoms with E-state index in [9.17, 15) is 14.4 Å². The minimum Gasteiger partial charge on any atom is -0.351 e. The number of rotatable bonds is 6. The van der Waals surface area contributed by atoms with Crippen LogP contribution in [0.15, 0.2) is 59.7 Å². The van der Waals surface area contributed by atoms with Gasteiger partial charge in [0.1, 0.15) is 17.2 Å². The first-order chi connectivity index (χ1) is 19.7. The molecule has 0 spiro atoms. The zero-order chi connectivity index (χ0) is 28.5. The molecule has 4 heterocycles. The summed E-state index contributed by atoms with van der Waals surface area (Å²) in [5, 5.41) is 3.30. The van der Waals surface area contributed by atoms with Gasteiger partial charge in [-0.1, -0.05) is 26.0 Å². The zero-order valence-electron chi connectivity index (χ0n) is 23.6. The molecule has 0 radical (unpaired) electrons. The lowest BCUT2D eigenvalue weighted by Gasteiger charge is -2.30. The average molecular weight is 548 g/mol. The molecule has 3 aliphatic rings. The summed E-state index contributed by atoms with van der Waals surface area (Å²) in [6.07, 6.45) is 8.41. The molecule has 41 heavy (non-hydrogen) atoms. The standard InChI is InChI=1S/C33H33N5O3/c1-33(2)16-22-15-28-32(41)38(12-11-37(28)29(22)17-33)30-26(19-39)25(9-10-34-30)23-14-27(31(40)36(3)18-23)35-24-6-4-5-21(13-24)20-7-8-20/h4-6,9-10,13-15,18-20,35H,7-8,11-12,16-17H2,1-3H3. The number of aldehydes is 1. The van der Waals surface area contributed by atoms with Crippen LogP contribution in [0.5, 0.6) is 0 Å². The lowest BCUT2D eigenvalue weighted by molar-refractivity contribution is 0.0963. The van der Waals surface area contributed by atoms with Crippen LogP contribution in [0.1, 0.15) is 70.3 Å². The van der Waals surface area contributed by atoms with Gasteiger partial charge in [0, 0.05) is 49.5 Å². The first-order valence-corrected chi connectivity index (χ1v) is 14.3. The number of carbonyl (C=O) groups is 2. The Morgan fingerprint density at radius 1 is 1.05 bits per heavy atom. The van der Waals surface area contributed by atoms with Gasteiger partial charge in [-0.25, -0.2) is 4.98 Å². The van der Waals surface area contributed by atoms with E-state index < -0.39 is 0 Å². The minimum absolute atomic E-state index is 0.144. The number of hydrogen-bond acceptors (Lipinski definition) is 5. The molecule has 208 valence electrons. The number of amides is 1. The number of pyridine rings is 2. The summed E-state index contributed by atoms with van der Waals surface area (Å²) in [4.78, 5) is 45.5. The summed E-state index contributed by atoms with van der Waals surface area (Å²) >= 11 is 0. The Balaban J connectivity index is 1.24. The third-order valence-corrected chi connectivity index (χ3v) is 8.68. The fourth-order valence-corrected chi connectivity index (χ4v) is 6.55. The second-order valence-electron chi connectivity index (χ2n) is 12.4. The fourth-order valence-electron chi connectivity index (χ4n) is 6.55. The number of aryl methyl sites for hydroxylation is 1. The van der Waals surface area contributed by atoms with Crippen LogP contribution in [0.4, 0.5) is 17.2 Å². The van der Waals surface area contributed by atoms with Crippen molar-refractivity contribution in [3.05, 3.63) is 93.3 Å². The summed E-state index contributed by atoms with van der Waals surface area (Å²) in [7, 11) is 1.70. The van der Waals surface area contributed by atoms with Crippen molar-refractivity contribution in [2.24, 2.45) is 12.5 Å². The van der Waals surface area contributed by atoms with E-state index in [0.29, 0.717) is 52.9 Å². The van der Waals surface area contributed by atoms with E-state index in [1.165, 1.54) is 34.2 Å². The molecule has 0 saturated heterocycles. The van der Waals surface area contributed by atoms with Gasteiger partial charge in [-0.2, -0.15) is 0 Å². The largest absolute Gasteiger partial charge is 0.351 e. The number of carbonyl (C=O) groups excluding carboxylic acids is 2. The predicted molar refractivity (Wildman–Crippen MR) is 159 cm³/mol. The number of fused-ring (bicyclic) bond motifs is 3. The number of nitrogens with one attached hydrogen (secondary N) is 1. The topological polar surface area (TPSA) is 89.2 Å². The first kappa shape index (κ1) is 25.5. The van der Waals surface area contributed by atoms with E-state index in [2.05, 4.69) is 40.8 Å². The summed E-state index contributed by atoms with van der Waals surface area (Å²) in [6.45, 7) is 5.61. The van der Waals surface area contributed by atoms with Gasteiger partial charge in [-0.3, -0.25) is 19.3 Å². The van der Waals surface area contributed by atoms with Crippen LogP contribution in [-0.2, 0) is 26.4 Å². The molecule has 1 N–H and O–H groups in total. The Morgan fingerprint density at radius 2 is 1.88 bits per heavy atom. The molecular formula is C33H33N5O3. The van der Waals surface area contributed by atoms with Crippen molar-refractivity contribution in [1.29, 1.82) is 0 Å². The Bertz CT molecular complexity index is 1790. The highest BCUT2D eigenvalue weighted by molar-refractivity contribution is 6.08. The first-order valence-electron chi connectivity index (χ1n) is 14.3. The van der Waals surface area contributed by atoms with Crippen molar-refractivity contribution in [3.8, 4) is 11.1 Å². The van der Waals surface area contributed by atoms with E-state index in [1.807, 2.05) is 18.2 Å². The molecule has 0 bridgehead atoms. The van der Waals surface area contributed by atoms with Crippen molar-refractivity contribution >= 4 is 29.4 Å². The second-order valence-corrected chi connectivity index (χ2v) is 12.4. The highest BCUT2D eigenvalue weighted by Gasteiger charge is 2.37. The lowest BCUT2D eigenvalue weighted by Crippen LogP contribution is -2.41. The second kappa shape index (κ2) is 9.29. The molecule has 0 unspecified atom stereocenters. The minimum atomic E-state index is -0.171. The smallest absolute Gasteiger partial charge is 0.276 e. The third kappa shape index (κ3) is 4.38. The van der Waals surface area contributed by atoms with E-state index in [0.717, 1.165) is 24.8 Å². The van der Waals surface area contributed by atoms with E-state index in [4.69, 9.17) is 0 Å². The van der Waals surface area contributed by atoms with Gasteiger partial charge in [-0.05, 0) is 84.0 Å². The lowest BCUT2D eigenvalue weighted by atomic mass is 9.90. The fraction of sp³-hybridized carbons (Fsp3) is 0.333. The van der Waals surface area contributed by atoms with Crippen LogP contribution in [0, 0.1) is 5.41 Å². The number of hydrogen-bond donors (Lipinski definition) is 1. The van der Waals surface area contributed by atoms with Crippen molar-refractivity contribution in [3.63, 3.8) is 0 Å². The maximum absolute atomic E-state index is 13.7. The molecule has 3 aromatic heterocycles. The van der Waals surface area contributed by atoms with Gasteiger partial charge >= 0.3 is 0 Å². The van der Waals surface area contributed by atoms with Gasteiger partial charge < -0.3 is 14.5 Å². The molecule has 1 aliphatic heterocycles. The number of benzene rings is 1. The zero-order valence-corrected chi connectivity index (χ0v) is 23.6. The van der Waals surface area contributed by atoms with Gasteiger partial charge in [0.25, 0.3) is 11.5 Å². The molecule has 1 amide bonds. The quantitative estimate of drug-likeness (QED) is 0.324. The molecule has 7 rings (SSSR count). The van der Waals surface area contributed by atoms with Crippen LogP contribution in [0.3, 0.4) is 0 Å². The van der Waals surface area contributed by atoms with Gasteiger partial charge in [-0.15, -0.1) is 0 Å². The SMILES string of the molecule is Cn1cc(-c2ccnc(N3CCn4c(cc5c4CC(C)(C)C5)C3=O)c2C=O)cc(Nc2cccc(C3CC3)c2)c1=O. The van der Waals surface area contributed by atoms with Crippen LogP contribution < -0.4 is 15.8 Å². The van der Waals surface area contributed by atoms with Gasteiger partial charge in [0.15, 0.2) is 6.29 Å². The molecule has 0 atom stereocenters. The maximum atomic E-state index is 13.7. The monoisotopic (exact) mass is 547 g/mol. The van der Waals surface area contributed by atoms with Crippen molar-refractivity contribution in [2.45, 2.75) is 52.0 Å². The van der Waals surface area contributed by atoms with Crippen LogP contribution in [-0.4, -0.2) is 32.9 Å². The summed E-state index contributed by atoms with van der Waals surface area (Å²) in [5.41, 5.74) is 7.36. The number of anilines is 3. The molecule has 8 heteroatoms. The number of aromatic nitrogens is 3. The van der Waals surface area contributed by atoms with Crippen LogP contribution >= 0.6 is 0 Å². The Morgan fingerprint density at radius 3 is 2.66 bits per heavy atom. The summed E-state index contributed by atoms with van der Waals surface area (Å²) in [6, 6.07) is 13.7. The Kier molecular flexibility index (Phi) is 5.78. The van der Waals surface area contributed by atoms with Crippen molar-refractivity contribution < 1.29 is 9.59 Å². The van der Waals surface area contributed by atoms with Gasteiger partial charge in [0.2, 0.25) is 0 Å². The predicted octanol–water partition coefficient (Wildman–Crippen LogP) is 5.47.